The summed E-state index contributed by atoms with van der Waals surface area (Å²) in [5, 5.41) is 6.08. The van der Waals surface area contributed by atoms with Crippen LogP contribution in [0.25, 0.3) is 0 Å². The topological polar surface area (TPSA) is 54.0 Å². The van der Waals surface area contributed by atoms with E-state index in [9.17, 15) is 4.79 Å². The SMILES string of the molecule is CCCNc1ncccc1C(=O)NCc1ccccc1. The third kappa shape index (κ3) is 3.82. The number of nitrogens with one attached hydrogen (secondary N) is 2. The lowest BCUT2D eigenvalue weighted by Crippen LogP contribution is -2.24. The van der Waals surface area contributed by atoms with Gasteiger partial charge in [-0.05, 0) is 24.1 Å². The Morgan fingerprint density at radius 3 is 2.70 bits per heavy atom. The maximum absolute atomic E-state index is 12.2. The molecule has 1 heterocycles. The summed E-state index contributed by atoms with van der Waals surface area (Å²) in [6.07, 6.45) is 2.67. The Labute approximate surface area is 119 Å². The molecule has 2 N–H and O–H groups in total. The average Bonchev–Trinajstić information content (AvgIpc) is 2.52. The maximum Gasteiger partial charge on any atom is 0.255 e. The minimum Gasteiger partial charge on any atom is -0.369 e. The molecule has 4 heteroatoms. The molecule has 2 rings (SSSR count). The van der Waals surface area contributed by atoms with Crippen LogP contribution in [0, 0.1) is 0 Å². The van der Waals surface area contributed by atoms with Gasteiger partial charge in [0.15, 0.2) is 0 Å². The lowest BCUT2D eigenvalue weighted by Gasteiger charge is -2.10. The van der Waals surface area contributed by atoms with Gasteiger partial charge in [0.1, 0.15) is 5.82 Å². The van der Waals surface area contributed by atoms with Gasteiger partial charge in [0, 0.05) is 19.3 Å². The third-order valence-electron chi connectivity index (χ3n) is 2.89. The van der Waals surface area contributed by atoms with Gasteiger partial charge in [-0.3, -0.25) is 4.79 Å². The number of nitrogens with zero attached hydrogens (tertiary/aromatic N) is 1. The van der Waals surface area contributed by atoms with Crippen LogP contribution in [0.1, 0.15) is 29.3 Å². The number of carbonyl (C=O) groups excluding carboxylic acids is 1. The number of benzene rings is 1. The Bertz CT molecular complexity index is 555. The molecule has 0 atom stereocenters. The summed E-state index contributed by atoms with van der Waals surface area (Å²) in [4.78, 5) is 16.4. The molecular formula is C16H19N3O. The molecule has 0 saturated heterocycles. The Balaban J connectivity index is 2.01. The van der Waals surface area contributed by atoms with Gasteiger partial charge in [0.05, 0.1) is 5.56 Å². The summed E-state index contributed by atoms with van der Waals surface area (Å²) >= 11 is 0. The number of pyridine rings is 1. The van der Waals surface area contributed by atoms with Crippen LogP contribution in [0.5, 0.6) is 0 Å². The van der Waals surface area contributed by atoms with Gasteiger partial charge >= 0.3 is 0 Å². The summed E-state index contributed by atoms with van der Waals surface area (Å²) in [6, 6.07) is 13.4. The largest absolute Gasteiger partial charge is 0.369 e. The number of hydrogen-bond acceptors (Lipinski definition) is 3. The van der Waals surface area contributed by atoms with Crippen molar-refractivity contribution in [3.05, 3.63) is 59.8 Å². The highest BCUT2D eigenvalue weighted by Crippen LogP contribution is 2.11. The van der Waals surface area contributed by atoms with Gasteiger partial charge in [-0.1, -0.05) is 37.3 Å². The molecule has 1 aromatic heterocycles. The van der Waals surface area contributed by atoms with Gasteiger partial charge in [-0.15, -0.1) is 0 Å². The molecule has 0 radical (unpaired) electrons. The van der Waals surface area contributed by atoms with Crippen LogP contribution >= 0.6 is 0 Å². The van der Waals surface area contributed by atoms with Gasteiger partial charge in [0.25, 0.3) is 5.91 Å². The molecule has 2 aromatic rings. The molecule has 0 aliphatic heterocycles. The van der Waals surface area contributed by atoms with E-state index in [0.717, 1.165) is 18.5 Å². The number of aromatic nitrogens is 1. The van der Waals surface area contributed by atoms with E-state index in [1.165, 1.54) is 0 Å². The molecule has 1 aromatic carbocycles. The molecule has 0 spiro atoms. The molecule has 20 heavy (non-hydrogen) atoms. The minimum atomic E-state index is -0.111. The first-order valence-electron chi connectivity index (χ1n) is 6.82. The Kier molecular flexibility index (Phi) is 5.12. The van der Waals surface area contributed by atoms with Crippen molar-refractivity contribution in [2.45, 2.75) is 19.9 Å². The molecule has 104 valence electrons. The van der Waals surface area contributed by atoms with Crippen molar-refractivity contribution in [2.24, 2.45) is 0 Å². The molecule has 4 nitrogen and oxygen atoms in total. The lowest BCUT2D eigenvalue weighted by molar-refractivity contribution is 0.0951. The quantitative estimate of drug-likeness (QED) is 0.848. The minimum absolute atomic E-state index is 0.111. The second-order valence-electron chi connectivity index (χ2n) is 4.49. The van der Waals surface area contributed by atoms with Crippen molar-refractivity contribution in [2.75, 3.05) is 11.9 Å². The maximum atomic E-state index is 12.2. The van der Waals surface area contributed by atoms with Crippen LogP contribution in [0.15, 0.2) is 48.7 Å². The van der Waals surface area contributed by atoms with Crippen molar-refractivity contribution in [3.63, 3.8) is 0 Å². The van der Waals surface area contributed by atoms with E-state index in [2.05, 4.69) is 22.5 Å². The smallest absolute Gasteiger partial charge is 0.255 e. The number of rotatable bonds is 6. The van der Waals surface area contributed by atoms with Gasteiger partial charge in [0.2, 0.25) is 0 Å². The van der Waals surface area contributed by atoms with Gasteiger partial charge in [-0.25, -0.2) is 4.98 Å². The van der Waals surface area contributed by atoms with Crippen molar-refractivity contribution in [1.82, 2.24) is 10.3 Å². The first-order valence-corrected chi connectivity index (χ1v) is 6.82. The van der Waals surface area contributed by atoms with Crippen molar-refractivity contribution < 1.29 is 4.79 Å². The predicted octanol–water partition coefficient (Wildman–Crippen LogP) is 2.83. The zero-order chi connectivity index (χ0) is 14.2. The summed E-state index contributed by atoms with van der Waals surface area (Å²) < 4.78 is 0. The van der Waals surface area contributed by atoms with Crippen LogP contribution in [0.4, 0.5) is 5.82 Å². The first kappa shape index (κ1) is 14.1. The zero-order valence-electron chi connectivity index (χ0n) is 11.6. The molecule has 1 amide bonds. The number of amides is 1. The van der Waals surface area contributed by atoms with Gasteiger partial charge < -0.3 is 10.6 Å². The third-order valence-corrected chi connectivity index (χ3v) is 2.89. The zero-order valence-corrected chi connectivity index (χ0v) is 11.6. The Morgan fingerprint density at radius 2 is 1.95 bits per heavy atom. The molecule has 0 fully saturated rings. The number of hydrogen-bond donors (Lipinski definition) is 2. The summed E-state index contributed by atoms with van der Waals surface area (Å²) in [6.45, 7) is 3.39. The van der Waals surface area contributed by atoms with Crippen molar-refractivity contribution in [1.29, 1.82) is 0 Å². The molecule has 0 aliphatic carbocycles. The number of carbonyl (C=O) groups is 1. The van der Waals surface area contributed by atoms with E-state index in [1.54, 1.807) is 18.3 Å². The van der Waals surface area contributed by atoms with E-state index in [0.29, 0.717) is 17.9 Å². The molecule has 0 bridgehead atoms. The van der Waals surface area contributed by atoms with Crippen LogP contribution in [0.2, 0.25) is 0 Å². The van der Waals surface area contributed by atoms with Crippen molar-refractivity contribution in [3.8, 4) is 0 Å². The summed E-state index contributed by atoms with van der Waals surface area (Å²) in [5.41, 5.74) is 1.66. The standard InChI is InChI=1S/C16H19N3O/c1-2-10-17-15-14(9-6-11-18-15)16(20)19-12-13-7-4-3-5-8-13/h3-9,11H,2,10,12H2,1H3,(H,17,18)(H,19,20). The monoisotopic (exact) mass is 269 g/mol. The first-order chi connectivity index (χ1) is 9.81. The van der Waals surface area contributed by atoms with E-state index in [-0.39, 0.29) is 5.91 Å². The Morgan fingerprint density at radius 1 is 1.15 bits per heavy atom. The second kappa shape index (κ2) is 7.28. The lowest BCUT2D eigenvalue weighted by atomic mass is 10.2. The summed E-state index contributed by atoms with van der Waals surface area (Å²) in [7, 11) is 0. The summed E-state index contributed by atoms with van der Waals surface area (Å²) in [5.74, 6) is 0.528. The van der Waals surface area contributed by atoms with Gasteiger partial charge in [-0.2, -0.15) is 0 Å². The van der Waals surface area contributed by atoms with Crippen molar-refractivity contribution >= 4 is 11.7 Å². The number of anilines is 1. The van der Waals surface area contributed by atoms with Crippen LogP contribution in [-0.4, -0.2) is 17.4 Å². The van der Waals surface area contributed by atoms with E-state index >= 15 is 0 Å². The Hall–Kier alpha value is -2.36. The van der Waals surface area contributed by atoms with Crippen LogP contribution in [-0.2, 0) is 6.54 Å². The van der Waals surface area contributed by atoms with E-state index in [1.807, 2.05) is 30.3 Å². The normalized spacial score (nSPS) is 10.1. The van der Waals surface area contributed by atoms with Crippen LogP contribution in [0.3, 0.4) is 0 Å². The molecular weight excluding hydrogens is 250 g/mol. The van der Waals surface area contributed by atoms with E-state index in [4.69, 9.17) is 0 Å². The molecule has 0 unspecified atom stereocenters. The van der Waals surface area contributed by atoms with Crippen LogP contribution < -0.4 is 10.6 Å². The highest BCUT2D eigenvalue weighted by molar-refractivity contribution is 5.98. The molecule has 0 saturated carbocycles. The highest BCUT2D eigenvalue weighted by Gasteiger charge is 2.11. The average molecular weight is 269 g/mol. The fourth-order valence-electron chi connectivity index (χ4n) is 1.85. The fourth-order valence-corrected chi connectivity index (χ4v) is 1.85. The fraction of sp³-hybridized carbons (Fsp3) is 0.250. The molecule has 0 aliphatic rings. The highest BCUT2D eigenvalue weighted by atomic mass is 16.1. The predicted molar refractivity (Wildman–Crippen MR) is 80.6 cm³/mol. The second-order valence-corrected chi connectivity index (χ2v) is 4.49. The van der Waals surface area contributed by atoms with E-state index < -0.39 is 0 Å².